The SMILES string of the molecule is CC(CCNC1CCC(c2ccccc2)CC1)NC(=O)OC(C)(C)C. The molecule has 0 radical (unpaired) electrons. The Bertz CT molecular complexity index is 516. The van der Waals surface area contributed by atoms with Gasteiger partial charge in [0.1, 0.15) is 5.60 Å². The van der Waals surface area contributed by atoms with Gasteiger partial charge in [-0.2, -0.15) is 0 Å². The van der Waals surface area contributed by atoms with Crippen molar-refractivity contribution in [1.82, 2.24) is 10.6 Å². The third kappa shape index (κ3) is 7.47. The van der Waals surface area contributed by atoms with Gasteiger partial charge in [-0.1, -0.05) is 30.3 Å². The van der Waals surface area contributed by atoms with E-state index in [1.54, 1.807) is 0 Å². The second-order valence-corrected chi connectivity index (χ2v) is 8.25. The zero-order valence-corrected chi connectivity index (χ0v) is 16.2. The number of carbonyl (C=O) groups is 1. The average Bonchev–Trinajstić information content (AvgIpc) is 2.54. The standard InChI is InChI=1S/C21H34N2O2/c1-16(23-20(24)25-21(2,3)4)14-15-22-19-12-10-18(11-13-19)17-8-6-5-7-9-17/h5-9,16,18-19,22H,10-15H2,1-4H3,(H,23,24). The van der Waals surface area contributed by atoms with Crippen LogP contribution in [0, 0.1) is 0 Å². The van der Waals surface area contributed by atoms with Crippen LogP contribution in [-0.2, 0) is 4.74 Å². The molecule has 2 rings (SSSR count). The van der Waals surface area contributed by atoms with E-state index in [0.717, 1.165) is 13.0 Å². The van der Waals surface area contributed by atoms with Crippen molar-refractivity contribution in [3.05, 3.63) is 35.9 Å². The van der Waals surface area contributed by atoms with Gasteiger partial charge in [0.15, 0.2) is 0 Å². The molecular weight excluding hydrogens is 312 g/mol. The van der Waals surface area contributed by atoms with E-state index in [4.69, 9.17) is 4.74 Å². The highest BCUT2D eigenvalue weighted by atomic mass is 16.6. The molecule has 25 heavy (non-hydrogen) atoms. The number of hydrogen-bond acceptors (Lipinski definition) is 3. The number of rotatable bonds is 6. The molecule has 1 unspecified atom stereocenters. The zero-order chi connectivity index (χ0) is 18.3. The third-order valence-electron chi connectivity index (χ3n) is 4.77. The molecule has 140 valence electrons. The van der Waals surface area contributed by atoms with Crippen molar-refractivity contribution in [3.63, 3.8) is 0 Å². The van der Waals surface area contributed by atoms with E-state index >= 15 is 0 Å². The first kappa shape index (κ1) is 19.8. The fraction of sp³-hybridized carbons (Fsp3) is 0.667. The molecule has 0 aliphatic heterocycles. The molecule has 0 spiro atoms. The summed E-state index contributed by atoms with van der Waals surface area (Å²) in [4.78, 5) is 11.8. The maximum atomic E-state index is 11.8. The van der Waals surface area contributed by atoms with Crippen molar-refractivity contribution in [2.75, 3.05) is 6.54 Å². The van der Waals surface area contributed by atoms with Gasteiger partial charge in [-0.15, -0.1) is 0 Å². The molecule has 0 aromatic heterocycles. The molecule has 1 saturated carbocycles. The van der Waals surface area contributed by atoms with Crippen molar-refractivity contribution in [2.24, 2.45) is 0 Å². The molecule has 1 aliphatic carbocycles. The van der Waals surface area contributed by atoms with E-state index in [1.807, 2.05) is 27.7 Å². The maximum Gasteiger partial charge on any atom is 0.407 e. The minimum atomic E-state index is -0.445. The van der Waals surface area contributed by atoms with Crippen LogP contribution in [0.3, 0.4) is 0 Å². The highest BCUT2D eigenvalue weighted by Crippen LogP contribution is 2.32. The summed E-state index contributed by atoms with van der Waals surface area (Å²) in [5.41, 5.74) is 1.04. The molecule has 4 heteroatoms. The van der Waals surface area contributed by atoms with E-state index in [0.29, 0.717) is 12.0 Å². The van der Waals surface area contributed by atoms with Gasteiger partial charge < -0.3 is 15.4 Å². The van der Waals surface area contributed by atoms with E-state index in [2.05, 4.69) is 41.0 Å². The van der Waals surface area contributed by atoms with Crippen LogP contribution >= 0.6 is 0 Å². The van der Waals surface area contributed by atoms with Crippen molar-refractivity contribution in [2.45, 2.75) is 83.4 Å². The summed E-state index contributed by atoms with van der Waals surface area (Å²) in [5.74, 6) is 0.715. The average molecular weight is 347 g/mol. The number of carbonyl (C=O) groups excluding carboxylic acids is 1. The van der Waals surface area contributed by atoms with Crippen molar-refractivity contribution in [1.29, 1.82) is 0 Å². The van der Waals surface area contributed by atoms with Crippen molar-refractivity contribution >= 4 is 6.09 Å². The van der Waals surface area contributed by atoms with Crippen LogP contribution in [0.5, 0.6) is 0 Å². The zero-order valence-electron chi connectivity index (χ0n) is 16.2. The number of benzene rings is 1. The minimum Gasteiger partial charge on any atom is -0.444 e. The topological polar surface area (TPSA) is 50.4 Å². The first-order valence-corrected chi connectivity index (χ1v) is 9.61. The largest absolute Gasteiger partial charge is 0.444 e. The predicted molar refractivity (Wildman–Crippen MR) is 103 cm³/mol. The number of amides is 1. The Labute approximate surface area is 152 Å². The number of nitrogens with one attached hydrogen (secondary N) is 2. The molecule has 0 bridgehead atoms. The molecule has 1 aromatic rings. The number of hydrogen-bond donors (Lipinski definition) is 2. The number of ether oxygens (including phenoxy) is 1. The lowest BCUT2D eigenvalue weighted by atomic mass is 9.82. The summed E-state index contributed by atoms with van der Waals surface area (Å²) < 4.78 is 5.29. The van der Waals surface area contributed by atoms with Gasteiger partial charge in [0.05, 0.1) is 0 Å². The summed E-state index contributed by atoms with van der Waals surface area (Å²) in [7, 11) is 0. The van der Waals surface area contributed by atoms with Crippen molar-refractivity contribution < 1.29 is 9.53 Å². The molecule has 0 heterocycles. The highest BCUT2D eigenvalue weighted by molar-refractivity contribution is 5.67. The maximum absolute atomic E-state index is 11.8. The molecule has 2 N–H and O–H groups in total. The van der Waals surface area contributed by atoms with Crippen molar-refractivity contribution in [3.8, 4) is 0 Å². The molecule has 1 amide bonds. The summed E-state index contributed by atoms with van der Waals surface area (Å²) in [6, 6.07) is 11.6. The highest BCUT2D eigenvalue weighted by Gasteiger charge is 2.22. The Balaban J connectivity index is 1.61. The number of alkyl carbamates (subject to hydrolysis) is 1. The summed E-state index contributed by atoms with van der Waals surface area (Å²) in [5, 5.41) is 6.56. The van der Waals surface area contributed by atoms with E-state index in [1.165, 1.54) is 31.2 Å². The molecule has 4 nitrogen and oxygen atoms in total. The molecule has 1 atom stereocenters. The van der Waals surface area contributed by atoms with E-state index in [9.17, 15) is 4.79 Å². The van der Waals surface area contributed by atoms with Crippen LogP contribution in [0.2, 0.25) is 0 Å². The lowest BCUT2D eigenvalue weighted by Crippen LogP contribution is -2.40. The lowest BCUT2D eigenvalue weighted by Gasteiger charge is -2.30. The van der Waals surface area contributed by atoms with E-state index < -0.39 is 5.60 Å². The first-order valence-electron chi connectivity index (χ1n) is 9.61. The van der Waals surface area contributed by atoms with Gasteiger partial charge in [-0.3, -0.25) is 0 Å². The normalized spacial score (nSPS) is 22.2. The Morgan fingerprint density at radius 2 is 1.80 bits per heavy atom. The van der Waals surface area contributed by atoms with Gasteiger partial charge >= 0.3 is 6.09 Å². The Morgan fingerprint density at radius 1 is 1.16 bits per heavy atom. The van der Waals surface area contributed by atoms with Crippen LogP contribution in [0.1, 0.15) is 71.3 Å². The Morgan fingerprint density at radius 3 is 2.40 bits per heavy atom. The minimum absolute atomic E-state index is 0.114. The fourth-order valence-electron chi connectivity index (χ4n) is 3.44. The predicted octanol–water partition coefficient (Wildman–Crippen LogP) is 4.61. The van der Waals surface area contributed by atoms with Crippen LogP contribution < -0.4 is 10.6 Å². The summed E-state index contributed by atoms with van der Waals surface area (Å²) in [6.45, 7) is 8.59. The Hall–Kier alpha value is -1.55. The quantitative estimate of drug-likeness (QED) is 0.791. The lowest BCUT2D eigenvalue weighted by molar-refractivity contribution is 0.0506. The fourth-order valence-corrected chi connectivity index (χ4v) is 3.44. The second-order valence-electron chi connectivity index (χ2n) is 8.25. The molecular formula is C21H34N2O2. The summed E-state index contributed by atoms with van der Waals surface area (Å²) >= 11 is 0. The molecule has 1 aromatic carbocycles. The summed E-state index contributed by atoms with van der Waals surface area (Å²) in [6.07, 6.45) is 5.56. The Kier molecular flexibility index (Phi) is 7.30. The van der Waals surface area contributed by atoms with Crippen LogP contribution in [0.4, 0.5) is 4.79 Å². The van der Waals surface area contributed by atoms with E-state index in [-0.39, 0.29) is 12.1 Å². The van der Waals surface area contributed by atoms with Gasteiger partial charge in [-0.25, -0.2) is 4.79 Å². The van der Waals surface area contributed by atoms with Gasteiger partial charge in [0, 0.05) is 12.1 Å². The molecule has 1 fully saturated rings. The first-order chi connectivity index (χ1) is 11.8. The van der Waals surface area contributed by atoms with Crippen LogP contribution in [-0.4, -0.2) is 30.3 Å². The molecule has 1 aliphatic rings. The van der Waals surface area contributed by atoms with Crippen LogP contribution in [0.25, 0.3) is 0 Å². The van der Waals surface area contributed by atoms with Crippen LogP contribution in [0.15, 0.2) is 30.3 Å². The smallest absolute Gasteiger partial charge is 0.407 e. The third-order valence-corrected chi connectivity index (χ3v) is 4.77. The second kappa shape index (κ2) is 9.23. The van der Waals surface area contributed by atoms with Gasteiger partial charge in [0.2, 0.25) is 0 Å². The van der Waals surface area contributed by atoms with Gasteiger partial charge in [0.25, 0.3) is 0 Å². The van der Waals surface area contributed by atoms with Gasteiger partial charge in [-0.05, 0) is 77.8 Å². The monoisotopic (exact) mass is 346 g/mol. The molecule has 0 saturated heterocycles.